The molecule has 7 heteroatoms. The van der Waals surface area contributed by atoms with Crippen LogP contribution in [0.3, 0.4) is 0 Å². The third-order valence-corrected chi connectivity index (χ3v) is 8.80. The number of nitrogens with zero attached hydrogens (tertiary/aromatic N) is 2. The van der Waals surface area contributed by atoms with Gasteiger partial charge in [-0.3, -0.25) is 15.5 Å². The molecule has 0 aliphatic heterocycles. The number of aliphatic imine (C=N–C) groups is 1. The lowest BCUT2D eigenvalue weighted by molar-refractivity contribution is 0.318. The Bertz CT molecular complexity index is 1490. The minimum atomic E-state index is -3.05. The van der Waals surface area contributed by atoms with Crippen molar-refractivity contribution in [2.75, 3.05) is 19.3 Å². The summed E-state index contributed by atoms with van der Waals surface area (Å²) < 4.78 is 32.7. The van der Waals surface area contributed by atoms with Crippen LogP contribution >= 0.6 is 7.29 Å². The SMILES string of the molecule is CCCOc1ccc(/C=N/CCc2cc(P(N)(=O)CC)c(C)c(-c3ccc(F)cc3)n2)cc1-c1ccccc1. The smallest absolute Gasteiger partial charge is 0.173 e. The van der Waals surface area contributed by atoms with E-state index in [4.69, 9.17) is 15.2 Å². The van der Waals surface area contributed by atoms with Crippen molar-refractivity contribution in [1.29, 1.82) is 0 Å². The van der Waals surface area contributed by atoms with Gasteiger partial charge in [0.05, 0.1) is 12.3 Å². The molecular formula is C32H35FN3O2P. The lowest BCUT2D eigenvalue weighted by Gasteiger charge is -2.18. The highest BCUT2D eigenvalue weighted by molar-refractivity contribution is 7.69. The number of hydrogen-bond acceptors (Lipinski definition) is 4. The number of nitrogens with two attached hydrogens (primary N) is 1. The summed E-state index contributed by atoms with van der Waals surface area (Å²) in [5.41, 5.74) is 12.3. The summed E-state index contributed by atoms with van der Waals surface area (Å²) in [6, 6.07) is 24.3. The summed E-state index contributed by atoms with van der Waals surface area (Å²) in [5.74, 6) is 0.535. The number of rotatable bonds is 11. The lowest BCUT2D eigenvalue weighted by atomic mass is 10.0. The van der Waals surface area contributed by atoms with E-state index < -0.39 is 7.29 Å². The van der Waals surface area contributed by atoms with Crippen molar-refractivity contribution < 1.29 is 13.7 Å². The first kappa shape index (κ1) is 28.4. The van der Waals surface area contributed by atoms with Crippen molar-refractivity contribution >= 4 is 18.8 Å². The highest BCUT2D eigenvalue weighted by Gasteiger charge is 2.23. The van der Waals surface area contributed by atoms with Crippen molar-refractivity contribution in [1.82, 2.24) is 4.98 Å². The highest BCUT2D eigenvalue weighted by atomic mass is 31.2. The van der Waals surface area contributed by atoms with E-state index in [0.29, 0.717) is 36.7 Å². The molecule has 0 amide bonds. The summed E-state index contributed by atoms with van der Waals surface area (Å²) in [5, 5.41) is 0.619. The second kappa shape index (κ2) is 13.0. The Hall–Kier alpha value is -3.60. The van der Waals surface area contributed by atoms with Gasteiger partial charge in [-0.1, -0.05) is 44.2 Å². The van der Waals surface area contributed by atoms with Gasteiger partial charge in [0.2, 0.25) is 0 Å². The predicted molar refractivity (Wildman–Crippen MR) is 160 cm³/mol. The molecule has 1 aromatic heterocycles. The highest BCUT2D eigenvalue weighted by Crippen LogP contribution is 2.38. The molecule has 0 aliphatic carbocycles. The maximum atomic E-state index is 13.5. The number of pyridine rings is 1. The molecule has 5 nitrogen and oxygen atoms in total. The minimum Gasteiger partial charge on any atom is -0.493 e. The van der Waals surface area contributed by atoms with Crippen LogP contribution in [0.1, 0.15) is 37.1 Å². The van der Waals surface area contributed by atoms with E-state index in [1.807, 2.05) is 56.5 Å². The van der Waals surface area contributed by atoms with Gasteiger partial charge in [-0.2, -0.15) is 0 Å². The minimum absolute atomic E-state index is 0.319. The number of halogens is 1. The van der Waals surface area contributed by atoms with Gasteiger partial charge >= 0.3 is 0 Å². The van der Waals surface area contributed by atoms with Crippen molar-refractivity contribution in [2.24, 2.45) is 10.5 Å². The Morgan fingerprint density at radius 2 is 1.74 bits per heavy atom. The summed E-state index contributed by atoms with van der Waals surface area (Å²) in [6.07, 6.45) is 3.68. The van der Waals surface area contributed by atoms with Gasteiger partial charge < -0.3 is 9.30 Å². The molecule has 3 aromatic carbocycles. The first-order valence-electron chi connectivity index (χ1n) is 13.3. The predicted octanol–water partition coefficient (Wildman–Crippen LogP) is 7.20. The lowest BCUT2D eigenvalue weighted by Crippen LogP contribution is -2.20. The van der Waals surface area contributed by atoms with Gasteiger partial charge in [0.25, 0.3) is 0 Å². The molecule has 0 bridgehead atoms. The molecule has 0 fully saturated rings. The van der Waals surface area contributed by atoms with Crippen LogP contribution in [0.5, 0.6) is 5.75 Å². The Kier molecular flexibility index (Phi) is 9.45. The number of hydrogen-bond donors (Lipinski definition) is 1. The molecule has 1 atom stereocenters. The molecule has 202 valence electrons. The monoisotopic (exact) mass is 543 g/mol. The summed E-state index contributed by atoms with van der Waals surface area (Å²) >= 11 is 0. The zero-order valence-electron chi connectivity index (χ0n) is 22.7. The van der Waals surface area contributed by atoms with Crippen molar-refractivity contribution in [3.8, 4) is 28.1 Å². The van der Waals surface area contributed by atoms with Crippen LogP contribution in [0.25, 0.3) is 22.4 Å². The molecule has 0 saturated carbocycles. The topological polar surface area (TPSA) is 77.6 Å². The Labute approximate surface area is 230 Å². The average molecular weight is 544 g/mol. The Morgan fingerprint density at radius 1 is 1.00 bits per heavy atom. The van der Waals surface area contributed by atoms with Crippen molar-refractivity contribution in [3.05, 3.63) is 102 Å². The zero-order valence-corrected chi connectivity index (χ0v) is 23.6. The van der Waals surface area contributed by atoms with Crippen molar-refractivity contribution in [2.45, 2.75) is 33.6 Å². The Balaban J connectivity index is 1.58. The average Bonchev–Trinajstić information content (AvgIpc) is 2.96. The van der Waals surface area contributed by atoms with E-state index in [1.165, 1.54) is 12.1 Å². The van der Waals surface area contributed by atoms with Crippen LogP contribution in [-0.4, -0.2) is 30.5 Å². The third kappa shape index (κ3) is 7.08. The van der Waals surface area contributed by atoms with E-state index in [2.05, 4.69) is 30.1 Å². The molecule has 1 unspecified atom stereocenters. The van der Waals surface area contributed by atoms with E-state index in [0.717, 1.165) is 45.7 Å². The summed E-state index contributed by atoms with van der Waals surface area (Å²) in [4.78, 5) is 9.49. The van der Waals surface area contributed by atoms with Gasteiger partial charge in [0.1, 0.15) is 11.6 Å². The molecule has 39 heavy (non-hydrogen) atoms. The van der Waals surface area contributed by atoms with Crippen LogP contribution in [0.4, 0.5) is 4.39 Å². The van der Waals surface area contributed by atoms with E-state index in [1.54, 1.807) is 12.1 Å². The van der Waals surface area contributed by atoms with Crippen molar-refractivity contribution in [3.63, 3.8) is 0 Å². The van der Waals surface area contributed by atoms with Gasteiger partial charge in [-0.25, -0.2) is 4.39 Å². The molecule has 0 saturated heterocycles. The molecule has 0 aliphatic rings. The van der Waals surface area contributed by atoms with Gasteiger partial charge in [0, 0.05) is 47.5 Å². The third-order valence-electron chi connectivity index (χ3n) is 6.58. The van der Waals surface area contributed by atoms with Crippen LogP contribution in [-0.2, 0) is 11.0 Å². The normalized spacial score (nSPS) is 12.9. The first-order chi connectivity index (χ1) is 18.8. The molecule has 0 radical (unpaired) electrons. The van der Waals surface area contributed by atoms with Crippen LogP contribution in [0.2, 0.25) is 0 Å². The maximum absolute atomic E-state index is 13.5. The fourth-order valence-electron chi connectivity index (χ4n) is 4.39. The molecular weight excluding hydrogens is 508 g/mol. The van der Waals surface area contributed by atoms with Gasteiger partial charge in [0.15, 0.2) is 7.29 Å². The fourth-order valence-corrected chi connectivity index (χ4v) is 5.77. The van der Waals surface area contributed by atoms with E-state index in [9.17, 15) is 8.96 Å². The first-order valence-corrected chi connectivity index (χ1v) is 15.2. The van der Waals surface area contributed by atoms with E-state index in [-0.39, 0.29) is 5.82 Å². The molecule has 2 N–H and O–H groups in total. The molecule has 4 rings (SSSR count). The second-order valence-electron chi connectivity index (χ2n) is 9.48. The standard InChI is InChI=1S/C32H35FN3O2P/c1-4-19-38-30-16-11-24(20-29(30)25-9-7-6-8-10-25)22-35-18-17-28-21-31(39(34,37)5-2)23(3)32(36-28)26-12-14-27(33)15-13-26/h6-16,20-22H,4-5,17-19H2,1-3H3,(H2,34,37)/b35-22+. The molecule has 1 heterocycles. The molecule has 4 aromatic rings. The quantitative estimate of drug-likeness (QED) is 0.160. The number of aromatic nitrogens is 1. The zero-order chi connectivity index (χ0) is 27.8. The van der Waals surface area contributed by atoms with Crippen LogP contribution < -0.4 is 15.5 Å². The fraction of sp³-hybridized carbons (Fsp3) is 0.250. The second-order valence-corrected chi connectivity index (χ2v) is 12.2. The van der Waals surface area contributed by atoms with Gasteiger partial charge in [-0.05, 0) is 78.6 Å². The number of benzene rings is 3. The summed E-state index contributed by atoms with van der Waals surface area (Å²) in [7, 11) is -3.05. The van der Waals surface area contributed by atoms with Gasteiger partial charge in [-0.15, -0.1) is 0 Å². The number of ether oxygens (including phenoxy) is 1. The largest absolute Gasteiger partial charge is 0.493 e. The van der Waals surface area contributed by atoms with Crippen LogP contribution in [0.15, 0.2) is 83.9 Å². The summed E-state index contributed by atoms with van der Waals surface area (Å²) in [6.45, 7) is 6.94. The maximum Gasteiger partial charge on any atom is 0.173 e. The van der Waals surface area contributed by atoms with E-state index >= 15 is 0 Å². The molecule has 0 spiro atoms. The Morgan fingerprint density at radius 3 is 2.44 bits per heavy atom. The van der Waals surface area contributed by atoms with Crippen LogP contribution in [0, 0.1) is 12.7 Å².